The number of halogens is 5. The van der Waals surface area contributed by atoms with E-state index in [0.29, 0.717) is 60.8 Å². The summed E-state index contributed by atoms with van der Waals surface area (Å²) >= 11 is 0. The van der Waals surface area contributed by atoms with Crippen LogP contribution in [0, 0.1) is 11.6 Å². The molecule has 5 rings (SSSR count). The number of ether oxygens (including phenoxy) is 1. The van der Waals surface area contributed by atoms with E-state index in [1.165, 1.54) is 36.5 Å². The van der Waals surface area contributed by atoms with Crippen LogP contribution in [0.15, 0.2) is 60.8 Å². The number of aryl methyl sites for hydroxylation is 2. The molecule has 222 valence electrons. The van der Waals surface area contributed by atoms with E-state index in [9.17, 15) is 22.4 Å². The third-order valence-corrected chi connectivity index (χ3v) is 7.45. The average molecular weight is 587 g/mol. The first-order valence-corrected chi connectivity index (χ1v) is 13.8. The summed E-state index contributed by atoms with van der Waals surface area (Å²) in [6.45, 7) is 4.26. The number of imidazole rings is 1. The number of fused-ring (bicyclic) bond motifs is 1. The highest BCUT2D eigenvalue weighted by Gasteiger charge is 2.29. The Morgan fingerprint density at radius 2 is 1.81 bits per heavy atom. The monoisotopic (exact) mass is 586 g/mol. The highest BCUT2D eigenvalue weighted by molar-refractivity contribution is 5.96. The third kappa shape index (κ3) is 6.50. The smallest absolute Gasteiger partial charge is 0.422 e. The van der Waals surface area contributed by atoms with Crippen LogP contribution in [-0.4, -0.2) is 53.6 Å². The number of hydrogen-bond donors (Lipinski definition) is 0. The number of carbonyl (C=O) groups is 1. The Bertz CT molecular complexity index is 1570. The summed E-state index contributed by atoms with van der Waals surface area (Å²) in [7, 11) is 0. The van der Waals surface area contributed by atoms with Gasteiger partial charge in [0.25, 0.3) is 0 Å². The van der Waals surface area contributed by atoms with Gasteiger partial charge >= 0.3 is 6.18 Å². The van der Waals surface area contributed by atoms with Crippen molar-refractivity contribution in [2.24, 2.45) is 0 Å². The number of piperazine rings is 1. The lowest BCUT2D eigenvalue weighted by molar-refractivity contribution is -0.153. The van der Waals surface area contributed by atoms with Crippen molar-refractivity contribution in [2.45, 2.75) is 45.3 Å². The van der Waals surface area contributed by atoms with Crippen molar-refractivity contribution in [3.05, 3.63) is 89.4 Å². The molecular weight excluding hydrogens is 555 g/mol. The number of alkyl halides is 3. The normalized spacial score (nSPS) is 15.8. The number of carbonyl (C=O) groups excluding carboxylic acids is 1. The number of benzene rings is 2. The zero-order chi connectivity index (χ0) is 30.0. The second kappa shape index (κ2) is 12.0. The van der Waals surface area contributed by atoms with Gasteiger partial charge in [0.2, 0.25) is 0 Å². The molecule has 0 N–H and O–H groups in total. The zero-order valence-corrected chi connectivity index (χ0v) is 23.3. The van der Waals surface area contributed by atoms with Crippen molar-refractivity contribution in [1.29, 1.82) is 0 Å². The highest BCUT2D eigenvalue weighted by atomic mass is 19.4. The molecule has 1 atom stereocenters. The van der Waals surface area contributed by atoms with Crippen molar-refractivity contribution in [1.82, 2.24) is 9.38 Å². The molecule has 0 radical (unpaired) electrons. The van der Waals surface area contributed by atoms with Gasteiger partial charge in [0, 0.05) is 50.0 Å². The summed E-state index contributed by atoms with van der Waals surface area (Å²) in [5.41, 5.74) is 3.44. The number of Topliss-reactive ketones (excluding diaryl/α,β-unsaturated/α-hetero) is 1. The molecule has 6 nitrogen and oxygen atoms in total. The molecule has 0 saturated carbocycles. The van der Waals surface area contributed by atoms with Gasteiger partial charge in [0.1, 0.15) is 28.7 Å². The van der Waals surface area contributed by atoms with E-state index in [2.05, 4.69) is 9.88 Å². The molecule has 0 amide bonds. The standard InChI is InChI=1S/C31H31F5N4O2/c1-3-26-30(40-13-12-22(32)17-29(40)37-26)28(41)11-5-21-4-10-27(25(33)16-21)38-14-15-39(20(2)18-38)23-6-8-24(9-7-23)42-19-31(34,35)36/h4,6-10,12-13,16-17,20H,3,5,11,14-15,18-19H2,1-2H3/t20-/m0/s1. The molecule has 42 heavy (non-hydrogen) atoms. The fourth-order valence-corrected chi connectivity index (χ4v) is 5.41. The van der Waals surface area contributed by atoms with Crippen LogP contribution >= 0.6 is 0 Å². The highest BCUT2D eigenvalue weighted by Crippen LogP contribution is 2.29. The van der Waals surface area contributed by atoms with Gasteiger partial charge in [0.15, 0.2) is 12.4 Å². The van der Waals surface area contributed by atoms with E-state index in [1.807, 2.05) is 24.8 Å². The van der Waals surface area contributed by atoms with Crippen molar-refractivity contribution < 1.29 is 31.5 Å². The topological polar surface area (TPSA) is 50.1 Å². The molecule has 0 spiro atoms. The number of ketones is 1. The first-order chi connectivity index (χ1) is 20.0. The molecule has 1 aliphatic heterocycles. The number of nitrogens with zero attached hydrogens (tertiary/aromatic N) is 4. The number of aromatic nitrogens is 2. The van der Waals surface area contributed by atoms with Crippen LogP contribution in [0.2, 0.25) is 0 Å². The minimum absolute atomic E-state index is 0.0177. The van der Waals surface area contributed by atoms with E-state index in [1.54, 1.807) is 22.6 Å². The van der Waals surface area contributed by atoms with Gasteiger partial charge in [-0.3, -0.25) is 9.20 Å². The summed E-state index contributed by atoms with van der Waals surface area (Å²) in [6.07, 6.45) is -1.86. The molecule has 0 bridgehead atoms. The largest absolute Gasteiger partial charge is 0.484 e. The molecule has 1 saturated heterocycles. The maximum atomic E-state index is 15.3. The second-order valence-corrected chi connectivity index (χ2v) is 10.4. The summed E-state index contributed by atoms with van der Waals surface area (Å²) in [6, 6.07) is 14.1. The molecule has 1 aliphatic rings. The molecule has 3 heterocycles. The summed E-state index contributed by atoms with van der Waals surface area (Å²) in [5, 5.41) is 0. The van der Waals surface area contributed by atoms with Gasteiger partial charge in [-0.2, -0.15) is 13.2 Å². The van der Waals surface area contributed by atoms with Crippen molar-refractivity contribution >= 4 is 22.8 Å². The maximum Gasteiger partial charge on any atom is 0.422 e. The Balaban J connectivity index is 1.20. The molecule has 11 heteroatoms. The molecule has 0 unspecified atom stereocenters. The minimum atomic E-state index is -4.40. The fourth-order valence-electron chi connectivity index (χ4n) is 5.41. The number of rotatable bonds is 9. The van der Waals surface area contributed by atoms with Gasteiger partial charge in [-0.1, -0.05) is 13.0 Å². The third-order valence-electron chi connectivity index (χ3n) is 7.45. The predicted octanol–water partition coefficient (Wildman–Crippen LogP) is 6.65. The fraction of sp³-hybridized carbons (Fsp3) is 0.355. The minimum Gasteiger partial charge on any atom is -0.484 e. The molecule has 1 fully saturated rings. The lowest BCUT2D eigenvalue weighted by atomic mass is 10.0. The number of pyridine rings is 1. The van der Waals surface area contributed by atoms with E-state index in [4.69, 9.17) is 4.74 Å². The number of anilines is 2. The van der Waals surface area contributed by atoms with E-state index >= 15 is 4.39 Å². The van der Waals surface area contributed by atoms with Crippen LogP contribution in [0.4, 0.5) is 33.3 Å². The van der Waals surface area contributed by atoms with Crippen LogP contribution in [0.1, 0.15) is 42.0 Å². The molecular formula is C31H31F5N4O2. The van der Waals surface area contributed by atoms with Crippen molar-refractivity contribution in [3.8, 4) is 5.75 Å². The maximum absolute atomic E-state index is 15.3. The summed E-state index contributed by atoms with van der Waals surface area (Å²) in [5.74, 6) is -0.787. The van der Waals surface area contributed by atoms with E-state index in [0.717, 1.165) is 5.69 Å². The van der Waals surface area contributed by atoms with Gasteiger partial charge < -0.3 is 14.5 Å². The van der Waals surface area contributed by atoms with Crippen molar-refractivity contribution in [2.75, 3.05) is 36.0 Å². The Kier molecular flexibility index (Phi) is 8.38. The first-order valence-electron chi connectivity index (χ1n) is 13.8. The molecule has 2 aromatic carbocycles. The quantitative estimate of drug-likeness (QED) is 0.163. The predicted molar refractivity (Wildman–Crippen MR) is 151 cm³/mol. The molecule has 2 aromatic heterocycles. The Morgan fingerprint density at radius 1 is 1.05 bits per heavy atom. The van der Waals surface area contributed by atoms with Crippen molar-refractivity contribution in [3.63, 3.8) is 0 Å². The van der Waals surface area contributed by atoms with Gasteiger partial charge in [0.05, 0.1) is 11.4 Å². The zero-order valence-electron chi connectivity index (χ0n) is 23.3. The number of hydrogen-bond acceptors (Lipinski definition) is 5. The Hall–Kier alpha value is -4.15. The van der Waals surface area contributed by atoms with Crippen LogP contribution in [-0.2, 0) is 12.8 Å². The van der Waals surface area contributed by atoms with Crippen LogP contribution < -0.4 is 14.5 Å². The molecule has 0 aliphatic carbocycles. The molecule has 4 aromatic rings. The Labute approximate surface area is 240 Å². The first kappa shape index (κ1) is 29.3. The van der Waals surface area contributed by atoms with Gasteiger partial charge in [-0.15, -0.1) is 0 Å². The second-order valence-electron chi connectivity index (χ2n) is 10.4. The summed E-state index contributed by atoms with van der Waals surface area (Å²) < 4.78 is 72.5. The summed E-state index contributed by atoms with van der Waals surface area (Å²) in [4.78, 5) is 21.6. The van der Waals surface area contributed by atoms with Crippen LogP contribution in [0.3, 0.4) is 0 Å². The van der Waals surface area contributed by atoms with Crippen LogP contribution in [0.25, 0.3) is 5.65 Å². The lowest BCUT2D eigenvalue weighted by Gasteiger charge is -2.42. The van der Waals surface area contributed by atoms with Crippen LogP contribution in [0.5, 0.6) is 5.75 Å². The van der Waals surface area contributed by atoms with E-state index in [-0.39, 0.29) is 29.8 Å². The van der Waals surface area contributed by atoms with E-state index < -0.39 is 18.6 Å². The Morgan fingerprint density at radius 3 is 2.48 bits per heavy atom. The average Bonchev–Trinajstić information content (AvgIpc) is 3.32. The SMILES string of the molecule is CCc1nc2cc(F)ccn2c1C(=O)CCc1ccc(N2CCN(c3ccc(OCC(F)(F)F)cc3)[C@@H](C)C2)c(F)c1. The van der Waals surface area contributed by atoms with Gasteiger partial charge in [-0.25, -0.2) is 13.8 Å². The lowest BCUT2D eigenvalue weighted by Crippen LogP contribution is -2.52. The van der Waals surface area contributed by atoms with Gasteiger partial charge in [-0.05, 0) is 67.8 Å².